The average Bonchev–Trinajstić information content (AvgIpc) is 2.77. The number of hydrogen-bond donors (Lipinski definition) is 2. The van der Waals surface area contributed by atoms with Gasteiger partial charge in [0.05, 0.1) is 12.3 Å². The average molecular weight is 429 g/mol. The largest absolute Gasteiger partial charge is 0.460 e. The lowest BCUT2D eigenvalue weighted by atomic mass is 10.1. The van der Waals surface area contributed by atoms with Gasteiger partial charge in [-0.05, 0) is 30.2 Å². The fourth-order valence-corrected chi connectivity index (χ4v) is 3.59. The van der Waals surface area contributed by atoms with Crippen LogP contribution in [0, 0.1) is 11.2 Å². The minimum Gasteiger partial charge on any atom is -0.460 e. The fourth-order valence-electron chi connectivity index (χ4n) is 3.59. The first-order chi connectivity index (χ1) is 15.0. The molecule has 0 unspecified atom stereocenters. The van der Waals surface area contributed by atoms with Crippen molar-refractivity contribution in [1.82, 2.24) is 0 Å². The Morgan fingerprint density at radius 1 is 1.10 bits per heavy atom. The molecule has 1 fully saturated rings. The summed E-state index contributed by atoms with van der Waals surface area (Å²) in [5.74, 6) is -1.30. The lowest BCUT2D eigenvalue weighted by Crippen LogP contribution is -2.46. The molecule has 1 aliphatic rings. The molecule has 1 aliphatic heterocycles. The Morgan fingerprint density at radius 3 is 2.42 bits per heavy atom. The smallest absolute Gasteiger partial charge is 0.313 e. The van der Waals surface area contributed by atoms with Gasteiger partial charge < -0.3 is 25.0 Å². The second-order valence-corrected chi connectivity index (χ2v) is 7.50. The van der Waals surface area contributed by atoms with Gasteiger partial charge in [0.2, 0.25) is 0 Å². The summed E-state index contributed by atoms with van der Waals surface area (Å²) in [5.41, 5.74) is 8.41. The zero-order chi connectivity index (χ0) is 22.2. The van der Waals surface area contributed by atoms with Gasteiger partial charge in [-0.1, -0.05) is 24.3 Å². The van der Waals surface area contributed by atoms with Crippen LogP contribution in [0.25, 0.3) is 0 Å². The highest BCUT2D eigenvalue weighted by atomic mass is 19.1. The molecule has 3 N–H and O–H groups in total. The van der Waals surface area contributed by atoms with Gasteiger partial charge >= 0.3 is 5.97 Å². The van der Waals surface area contributed by atoms with E-state index in [1.54, 1.807) is 25.3 Å². The monoisotopic (exact) mass is 428 g/mol. The summed E-state index contributed by atoms with van der Waals surface area (Å²) < 4.78 is 25.2. The van der Waals surface area contributed by atoms with E-state index in [9.17, 15) is 4.79 Å². The van der Waals surface area contributed by atoms with Gasteiger partial charge in [-0.25, -0.2) is 4.39 Å². The van der Waals surface area contributed by atoms with E-state index in [-0.39, 0.29) is 24.7 Å². The van der Waals surface area contributed by atoms with Gasteiger partial charge in [0.25, 0.3) is 0 Å². The Balaban J connectivity index is 1.58. The molecule has 0 radical (unpaired) electrons. The molecule has 7 nitrogen and oxygen atoms in total. The maximum absolute atomic E-state index is 15.0. The molecule has 0 aromatic heterocycles. The van der Waals surface area contributed by atoms with Crippen LogP contribution in [0.2, 0.25) is 0 Å². The standard InChI is InChI=1S/C23H29FN4O3/c1-30-14-9-17-5-7-19(8-6-17)27-10-12-28(13-11-27)20-4-2-3-18(23(20)24)16-31-22(29)15-21(25)26/h2-8H,9-16H2,1H3,(H3,25,26). The number of benzene rings is 2. The molecule has 3 rings (SSSR count). The summed E-state index contributed by atoms with van der Waals surface area (Å²) in [6.07, 6.45) is 0.598. The summed E-state index contributed by atoms with van der Waals surface area (Å²) in [4.78, 5) is 15.9. The summed E-state index contributed by atoms with van der Waals surface area (Å²) in [6, 6.07) is 13.6. The number of hydrogen-bond acceptors (Lipinski definition) is 6. The highest BCUT2D eigenvalue weighted by molar-refractivity contribution is 5.94. The van der Waals surface area contributed by atoms with Crippen LogP contribution in [-0.4, -0.2) is 51.7 Å². The van der Waals surface area contributed by atoms with Gasteiger partial charge in [0, 0.05) is 44.5 Å². The second kappa shape index (κ2) is 10.8. The molecule has 31 heavy (non-hydrogen) atoms. The van der Waals surface area contributed by atoms with Gasteiger partial charge in [0.15, 0.2) is 5.82 Å². The van der Waals surface area contributed by atoms with Crippen LogP contribution in [0.5, 0.6) is 0 Å². The number of rotatable bonds is 9. The third-order valence-electron chi connectivity index (χ3n) is 5.30. The lowest BCUT2D eigenvalue weighted by Gasteiger charge is -2.37. The number of carbonyl (C=O) groups is 1. The van der Waals surface area contributed by atoms with Crippen molar-refractivity contribution in [1.29, 1.82) is 5.41 Å². The number of amidine groups is 1. The maximum atomic E-state index is 15.0. The van der Waals surface area contributed by atoms with E-state index in [1.165, 1.54) is 5.56 Å². The van der Waals surface area contributed by atoms with Crippen LogP contribution in [0.4, 0.5) is 15.8 Å². The Labute approximate surface area is 182 Å². The predicted octanol–water partition coefficient (Wildman–Crippen LogP) is 2.71. The molecule has 0 bridgehead atoms. The Kier molecular flexibility index (Phi) is 7.83. The van der Waals surface area contributed by atoms with E-state index in [0.29, 0.717) is 30.9 Å². The summed E-state index contributed by atoms with van der Waals surface area (Å²) in [5, 5.41) is 7.12. The van der Waals surface area contributed by atoms with Crippen molar-refractivity contribution in [3.8, 4) is 0 Å². The number of carbonyl (C=O) groups excluding carboxylic acids is 1. The Morgan fingerprint density at radius 2 is 1.77 bits per heavy atom. The fraction of sp³-hybridized carbons (Fsp3) is 0.391. The third kappa shape index (κ3) is 6.18. The number of nitrogens with one attached hydrogen (secondary N) is 1. The minimum absolute atomic E-state index is 0.179. The number of methoxy groups -OCH3 is 1. The molecule has 1 heterocycles. The van der Waals surface area contributed by atoms with Gasteiger partial charge in [-0.2, -0.15) is 0 Å². The number of esters is 1. The van der Waals surface area contributed by atoms with Crippen molar-refractivity contribution in [2.24, 2.45) is 5.73 Å². The normalized spacial score (nSPS) is 13.9. The van der Waals surface area contributed by atoms with E-state index >= 15 is 4.39 Å². The molecule has 2 aromatic rings. The van der Waals surface area contributed by atoms with Crippen LogP contribution >= 0.6 is 0 Å². The molecule has 2 aromatic carbocycles. The maximum Gasteiger partial charge on any atom is 0.313 e. The van der Waals surface area contributed by atoms with Crippen molar-refractivity contribution in [2.45, 2.75) is 19.4 Å². The van der Waals surface area contributed by atoms with E-state index in [1.807, 2.05) is 4.90 Å². The second-order valence-electron chi connectivity index (χ2n) is 7.50. The molecule has 0 amide bonds. The van der Waals surface area contributed by atoms with Gasteiger partial charge in [-0.15, -0.1) is 0 Å². The third-order valence-corrected chi connectivity index (χ3v) is 5.30. The topological polar surface area (TPSA) is 91.9 Å². The number of anilines is 2. The van der Waals surface area contributed by atoms with E-state index in [0.717, 1.165) is 25.2 Å². The molecule has 0 aliphatic carbocycles. The first-order valence-corrected chi connectivity index (χ1v) is 10.3. The van der Waals surface area contributed by atoms with Gasteiger partial charge in [-0.3, -0.25) is 10.2 Å². The molecule has 8 heteroatoms. The number of nitrogens with two attached hydrogens (primary N) is 1. The summed E-state index contributed by atoms with van der Waals surface area (Å²) >= 11 is 0. The zero-order valence-corrected chi connectivity index (χ0v) is 17.8. The van der Waals surface area contributed by atoms with Crippen LogP contribution in [0.3, 0.4) is 0 Å². The SMILES string of the molecule is COCCc1ccc(N2CCN(c3cccc(COC(=O)CC(=N)N)c3F)CC2)cc1. The van der Waals surface area contributed by atoms with E-state index < -0.39 is 5.97 Å². The quantitative estimate of drug-likeness (QED) is 0.363. The molecular weight excluding hydrogens is 399 g/mol. The van der Waals surface area contributed by atoms with E-state index in [4.69, 9.17) is 20.6 Å². The van der Waals surface area contributed by atoms with Crippen LogP contribution < -0.4 is 15.5 Å². The first-order valence-electron chi connectivity index (χ1n) is 10.3. The van der Waals surface area contributed by atoms with Gasteiger partial charge in [0.1, 0.15) is 18.9 Å². The molecule has 166 valence electrons. The first kappa shape index (κ1) is 22.6. The number of halogens is 1. The zero-order valence-electron chi connectivity index (χ0n) is 17.8. The highest BCUT2D eigenvalue weighted by Crippen LogP contribution is 2.26. The number of nitrogens with zero attached hydrogens (tertiary/aromatic N) is 2. The van der Waals surface area contributed by atoms with Crippen LogP contribution in [0.15, 0.2) is 42.5 Å². The predicted molar refractivity (Wildman–Crippen MR) is 119 cm³/mol. The number of piperazine rings is 1. The van der Waals surface area contributed by atoms with Crippen molar-refractivity contribution >= 4 is 23.2 Å². The van der Waals surface area contributed by atoms with Crippen molar-refractivity contribution in [2.75, 3.05) is 49.7 Å². The summed E-state index contributed by atoms with van der Waals surface area (Å²) in [7, 11) is 1.70. The summed E-state index contributed by atoms with van der Waals surface area (Å²) in [6.45, 7) is 3.48. The van der Waals surface area contributed by atoms with E-state index in [2.05, 4.69) is 29.2 Å². The van der Waals surface area contributed by atoms with Crippen LogP contribution in [-0.2, 0) is 27.3 Å². The van der Waals surface area contributed by atoms with Crippen molar-refractivity contribution < 1.29 is 18.7 Å². The number of ether oxygens (including phenoxy) is 2. The lowest BCUT2D eigenvalue weighted by molar-refractivity contribution is -0.143. The minimum atomic E-state index is -0.640. The molecule has 0 atom stereocenters. The van der Waals surface area contributed by atoms with Crippen molar-refractivity contribution in [3.05, 3.63) is 59.4 Å². The highest BCUT2D eigenvalue weighted by Gasteiger charge is 2.21. The molecule has 0 saturated carbocycles. The van der Waals surface area contributed by atoms with Crippen molar-refractivity contribution in [3.63, 3.8) is 0 Å². The molecular formula is C23H29FN4O3. The Bertz CT molecular complexity index is 896. The molecule has 0 spiro atoms. The molecule has 1 saturated heterocycles. The Hall–Kier alpha value is -3.13. The van der Waals surface area contributed by atoms with Crippen LogP contribution in [0.1, 0.15) is 17.5 Å².